The number of amides is 1. The van der Waals surface area contributed by atoms with E-state index in [0.717, 1.165) is 38.3 Å². The van der Waals surface area contributed by atoms with E-state index in [1.807, 2.05) is 11.9 Å². The fourth-order valence-corrected chi connectivity index (χ4v) is 3.15. The van der Waals surface area contributed by atoms with Crippen LogP contribution in [0.3, 0.4) is 0 Å². The monoisotopic (exact) mass is 238 g/mol. The zero-order valence-corrected chi connectivity index (χ0v) is 11.1. The summed E-state index contributed by atoms with van der Waals surface area (Å²) < 4.78 is 0. The highest BCUT2D eigenvalue weighted by Gasteiger charge is 2.23. The van der Waals surface area contributed by atoms with Crippen molar-refractivity contribution in [2.75, 3.05) is 20.1 Å². The van der Waals surface area contributed by atoms with Crippen molar-refractivity contribution in [3.63, 3.8) is 0 Å². The van der Waals surface area contributed by atoms with Crippen molar-refractivity contribution in [3.05, 3.63) is 0 Å². The van der Waals surface area contributed by atoms with Crippen LogP contribution >= 0.6 is 0 Å². The SMILES string of the molecule is CN(C(=O)CCC1CCCCC1)C1CCNC1. The van der Waals surface area contributed by atoms with Gasteiger partial charge in [-0.25, -0.2) is 0 Å². The van der Waals surface area contributed by atoms with Crippen LogP contribution < -0.4 is 5.32 Å². The Balaban J connectivity index is 1.68. The lowest BCUT2D eigenvalue weighted by Gasteiger charge is -2.26. The normalized spacial score (nSPS) is 26.1. The Morgan fingerprint density at radius 2 is 2.00 bits per heavy atom. The molecule has 0 radical (unpaired) electrons. The molecule has 2 fully saturated rings. The fraction of sp³-hybridized carbons (Fsp3) is 0.929. The van der Waals surface area contributed by atoms with E-state index in [1.165, 1.54) is 32.1 Å². The van der Waals surface area contributed by atoms with Crippen LogP contribution in [-0.4, -0.2) is 37.0 Å². The van der Waals surface area contributed by atoms with Gasteiger partial charge >= 0.3 is 0 Å². The van der Waals surface area contributed by atoms with E-state index < -0.39 is 0 Å². The molecule has 1 amide bonds. The number of likely N-dealkylation sites (N-methyl/N-ethyl adjacent to an activating group) is 1. The van der Waals surface area contributed by atoms with Crippen LogP contribution in [0.4, 0.5) is 0 Å². The largest absolute Gasteiger partial charge is 0.341 e. The van der Waals surface area contributed by atoms with E-state index in [0.29, 0.717) is 11.9 Å². The third kappa shape index (κ3) is 3.70. The van der Waals surface area contributed by atoms with Crippen LogP contribution in [0.5, 0.6) is 0 Å². The number of carbonyl (C=O) groups excluding carboxylic acids is 1. The first kappa shape index (κ1) is 12.9. The van der Waals surface area contributed by atoms with Gasteiger partial charge in [0.2, 0.25) is 5.91 Å². The van der Waals surface area contributed by atoms with Crippen molar-refractivity contribution in [1.29, 1.82) is 0 Å². The van der Waals surface area contributed by atoms with Crippen molar-refractivity contribution in [3.8, 4) is 0 Å². The van der Waals surface area contributed by atoms with Crippen molar-refractivity contribution >= 4 is 5.91 Å². The predicted octanol–water partition coefficient (Wildman–Crippen LogP) is 2.17. The molecule has 0 aromatic heterocycles. The number of hydrogen-bond donors (Lipinski definition) is 1. The number of nitrogens with one attached hydrogen (secondary N) is 1. The van der Waals surface area contributed by atoms with Gasteiger partial charge in [0, 0.05) is 26.1 Å². The predicted molar refractivity (Wildman–Crippen MR) is 69.9 cm³/mol. The molecule has 1 atom stereocenters. The van der Waals surface area contributed by atoms with Gasteiger partial charge in [-0.15, -0.1) is 0 Å². The summed E-state index contributed by atoms with van der Waals surface area (Å²) in [6.45, 7) is 2.04. The molecule has 17 heavy (non-hydrogen) atoms. The molecule has 2 aliphatic rings. The Kier molecular flexibility index (Phi) is 4.84. The molecule has 1 saturated carbocycles. The summed E-state index contributed by atoms with van der Waals surface area (Å²) in [6, 6.07) is 0.439. The van der Waals surface area contributed by atoms with Gasteiger partial charge in [-0.05, 0) is 25.3 Å². The van der Waals surface area contributed by atoms with Crippen LogP contribution in [0, 0.1) is 5.92 Å². The van der Waals surface area contributed by atoms with Crippen molar-refractivity contribution in [1.82, 2.24) is 10.2 Å². The minimum absolute atomic E-state index is 0.351. The second-order valence-corrected chi connectivity index (χ2v) is 5.69. The molecule has 1 unspecified atom stereocenters. The Morgan fingerprint density at radius 3 is 2.65 bits per heavy atom. The van der Waals surface area contributed by atoms with E-state index >= 15 is 0 Å². The summed E-state index contributed by atoms with van der Waals surface area (Å²) >= 11 is 0. The maximum atomic E-state index is 12.1. The third-order valence-electron chi connectivity index (χ3n) is 4.47. The van der Waals surface area contributed by atoms with Gasteiger partial charge in [-0.1, -0.05) is 32.1 Å². The van der Waals surface area contributed by atoms with Gasteiger partial charge < -0.3 is 10.2 Å². The van der Waals surface area contributed by atoms with E-state index in [4.69, 9.17) is 0 Å². The lowest BCUT2D eigenvalue weighted by atomic mass is 9.86. The summed E-state index contributed by atoms with van der Waals surface area (Å²) in [5.74, 6) is 1.17. The molecule has 3 heteroatoms. The molecular weight excluding hydrogens is 212 g/mol. The van der Waals surface area contributed by atoms with Gasteiger partial charge in [0.15, 0.2) is 0 Å². The number of rotatable bonds is 4. The maximum Gasteiger partial charge on any atom is 0.222 e. The second-order valence-electron chi connectivity index (χ2n) is 5.69. The van der Waals surface area contributed by atoms with Crippen molar-refractivity contribution < 1.29 is 4.79 Å². The summed E-state index contributed by atoms with van der Waals surface area (Å²) in [5.41, 5.74) is 0. The zero-order chi connectivity index (χ0) is 12.1. The molecule has 0 aromatic rings. The van der Waals surface area contributed by atoms with Crippen LogP contribution in [0.1, 0.15) is 51.4 Å². The lowest BCUT2D eigenvalue weighted by molar-refractivity contribution is -0.132. The van der Waals surface area contributed by atoms with Crippen LogP contribution in [0.15, 0.2) is 0 Å². The van der Waals surface area contributed by atoms with E-state index in [-0.39, 0.29) is 0 Å². The quantitative estimate of drug-likeness (QED) is 0.814. The summed E-state index contributed by atoms with van der Waals surface area (Å²) in [4.78, 5) is 14.0. The molecule has 0 spiro atoms. The van der Waals surface area contributed by atoms with E-state index in [1.54, 1.807) is 0 Å². The number of carbonyl (C=O) groups is 1. The Bertz CT molecular complexity index is 243. The fourth-order valence-electron chi connectivity index (χ4n) is 3.15. The third-order valence-corrected chi connectivity index (χ3v) is 4.47. The van der Waals surface area contributed by atoms with Crippen molar-refractivity contribution in [2.45, 2.75) is 57.4 Å². The maximum absolute atomic E-state index is 12.1. The average molecular weight is 238 g/mol. The highest BCUT2D eigenvalue weighted by Crippen LogP contribution is 2.27. The lowest BCUT2D eigenvalue weighted by Crippen LogP contribution is -2.38. The first-order chi connectivity index (χ1) is 8.27. The number of nitrogens with zero attached hydrogens (tertiary/aromatic N) is 1. The molecule has 1 aliphatic carbocycles. The first-order valence-corrected chi connectivity index (χ1v) is 7.24. The number of hydrogen-bond acceptors (Lipinski definition) is 2. The minimum Gasteiger partial charge on any atom is -0.341 e. The van der Waals surface area contributed by atoms with Crippen LogP contribution in [0.2, 0.25) is 0 Å². The molecule has 98 valence electrons. The van der Waals surface area contributed by atoms with Crippen molar-refractivity contribution in [2.24, 2.45) is 5.92 Å². The second kappa shape index (κ2) is 6.39. The minimum atomic E-state index is 0.351. The Morgan fingerprint density at radius 1 is 1.24 bits per heavy atom. The molecular formula is C14H26N2O. The highest BCUT2D eigenvalue weighted by atomic mass is 16.2. The van der Waals surface area contributed by atoms with Crippen LogP contribution in [-0.2, 0) is 4.79 Å². The average Bonchev–Trinajstić information content (AvgIpc) is 2.90. The van der Waals surface area contributed by atoms with Crippen LogP contribution in [0.25, 0.3) is 0 Å². The summed E-state index contributed by atoms with van der Waals surface area (Å²) in [6.07, 6.45) is 9.84. The molecule has 2 rings (SSSR count). The smallest absolute Gasteiger partial charge is 0.222 e. The Labute approximate surface area is 105 Å². The summed E-state index contributed by atoms with van der Waals surface area (Å²) in [5, 5.41) is 3.32. The molecule has 1 saturated heterocycles. The van der Waals surface area contributed by atoms with Gasteiger partial charge in [0.25, 0.3) is 0 Å². The zero-order valence-electron chi connectivity index (χ0n) is 11.1. The van der Waals surface area contributed by atoms with Gasteiger partial charge in [0.1, 0.15) is 0 Å². The molecule has 0 aromatic carbocycles. The van der Waals surface area contributed by atoms with Gasteiger partial charge in [0.05, 0.1) is 0 Å². The van der Waals surface area contributed by atoms with Gasteiger partial charge in [-0.2, -0.15) is 0 Å². The molecule has 1 aliphatic heterocycles. The summed E-state index contributed by atoms with van der Waals surface area (Å²) in [7, 11) is 1.97. The highest BCUT2D eigenvalue weighted by molar-refractivity contribution is 5.76. The molecule has 0 bridgehead atoms. The standard InChI is InChI=1S/C14H26N2O/c1-16(13-9-10-15-11-13)14(17)8-7-12-5-3-2-4-6-12/h12-13,15H,2-11H2,1H3. The van der Waals surface area contributed by atoms with Gasteiger partial charge in [-0.3, -0.25) is 4.79 Å². The van der Waals surface area contributed by atoms with E-state index in [2.05, 4.69) is 5.32 Å². The Hall–Kier alpha value is -0.570. The topological polar surface area (TPSA) is 32.3 Å². The van der Waals surface area contributed by atoms with E-state index in [9.17, 15) is 4.79 Å². The molecule has 1 heterocycles. The molecule has 1 N–H and O–H groups in total. The molecule has 3 nitrogen and oxygen atoms in total. The first-order valence-electron chi connectivity index (χ1n) is 7.24.